The van der Waals surface area contributed by atoms with Gasteiger partial charge in [0.2, 0.25) is 0 Å². The number of likely N-dealkylation sites (tertiary alicyclic amines) is 1. The molecular weight excluding hydrogens is 281 g/mol. The van der Waals surface area contributed by atoms with Crippen LogP contribution in [0.4, 0.5) is 13.2 Å². The maximum Gasteiger partial charge on any atom is 0.393 e. The van der Waals surface area contributed by atoms with Crippen LogP contribution in [0.25, 0.3) is 0 Å². The Morgan fingerprint density at radius 1 is 1.29 bits per heavy atom. The second kappa shape index (κ2) is 6.77. The summed E-state index contributed by atoms with van der Waals surface area (Å²) in [5, 5.41) is 10.2. The standard InChI is InChI=1S/C15H21F3N2O/c16-15(17,18)13-2-1-7-20(9-13)10-14(21)12-5-3-11(8-19)4-6-12/h3-6,13-14,21H,1-2,7-10,19H2. The van der Waals surface area contributed by atoms with Gasteiger partial charge in [-0.3, -0.25) is 4.90 Å². The quantitative estimate of drug-likeness (QED) is 0.898. The van der Waals surface area contributed by atoms with Gasteiger partial charge in [0.15, 0.2) is 0 Å². The van der Waals surface area contributed by atoms with Gasteiger partial charge in [0.05, 0.1) is 12.0 Å². The fourth-order valence-electron chi connectivity index (χ4n) is 2.71. The van der Waals surface area contributed by atoms with E-state index >= 15 is 0 Å². The highest BCUT2D eigenvalue weighted by molar-refractivity contribution is 5.24. The third-order valence-corrected chi connectivity index (χ3v) is 4.00. The summed E-state index contributed by atoms with van der Waals surface area (Å²) in [6.07, 6.45) is -4.22. The SMILES string of the molecule is NCc1ccc(C(O)CN2CCCC(C(F)(F)F)C2)cc1. The Labute approximate surface area is 122 Å². The van der Waals surface area contributed by atoms with Crippen LogP contribution < -0.4 is 5.73 Å². The number of nitrogens with zero attached hydrogens (tertiary/aromatic N) is 1. The number of benzene rings is 1. The van der Waals surface area contributed by atoms with Crippen LogP contribution in [0.5, 0.6) is 0 Å². The lowest BCUT2D eigenvalue weighted by molar-refractivity contribution is -0.187. The van der Waals surface area contributed by atoms with Crippen molar-refractivity contribution in [1.82, 2.24) is 4.90 Å². The predicted molar refractivity (Wildman–Crippen MR) is 74.5 cm³/mol. The number of piperidine rings is 1. The molecule has 118 valence electrons. The van der Waals surface area contributed by atoms with E-state index in [0.29, 0.717) is 25.1 Å². The van der Waals surface area contributed by atoms with Crippen LogP contribution >= 0.6 is 0 Å². The van der Waals surface area contributed by atoms with E-state index in [4.69, 9.17) is 5.73 Å². The van der Waals surface area contributed by atoms with Crippen molar-refractivity contribution in [3.05, 3.63) is 35.4 Å². The van der Waals surface area contributed by atoms with Gasteiger partial charge in [-0.2, -0.15) is 13.2 Å². The number of β-amino-alcohol motifs (C(OH)–C–C–N with tert-alkyl or cyclic N) is 1. The molecule has 2 unspecified atom stereocenters. The fourth-order valence-corrected chi connectivity index (χ4v) is 2.71. The summed E-state index contributed by atoms with van der Waals surface area (Å²) in [6.45, 7) is 1.23. The van der Waals surface area contributed by atoms with E-state index in [0.717, 1.165) is 5.56 Å². The lowest BCUT2D eigenvalue weighted by Gasteiger charge is -2.34. The zero-order valence-corrected chi connectivity index (χ0v) is 11.8. The second-order valence-corrected chi connectivity index (χ2v) is 5.60. The van der Waals surface area contributed by atoms with Gasteiger partial charge in [-0.25, -0.2) is 0 Å². The molecule has 3 nitrogen and oxygen atoms in total. The monoisotopic (exact) mass is 302 g/mol. The van der Waals surface area contributed by atoms with Crippen molar-refractivity contribution in [2.75, 3.05) is 19.6 Å². The Balaban J connectivity index is 1.93. The Bertz CT molecular complexity index is 447. The number of nitrogens with two attached hydrogens (primary N) is 1. The molecule has 1 aromatic carbocycles. The highest BCUT2D eigenvalue weighted by atomic mass is 19.4. The number of aliphatic hydroxyl groups excluding tert-OH is 1. The van der Waals surface area contributed by atoms with E-state index < -0.39 is 18.2 Å². The van der Waals surface area contributed by atoms with Crippen LogP contribution in [0.2, 0.25) is 0 Å². The summed E-state index contributed by atoms with van der Waals surface area (Å²) in [7, 11) is 0. The molecule has 0 spiro atoms. The molecule has 6 heteroatoms. The highest BCUT2D eigenvalue weighted by Gasteiger charge is 2.41. The third kappa shape index (κ3) is 4.43. The van der Waals surface area contributed by atoms with Gasteiger partial charge < -0.3 is 10.8 Å². The smallest absolute Gasteiger partial charge is 0.387 e. The molecular formula is C15H21F3N2O. The molecule has 0 bridgehead atoms. The minimum Gasteiger partial charge on any atom is -0.387 e. The first kappa shape index (κ1) is 16.3. The molecule has 0 amide bonds. The van der Waals surface area contributed by atoms with Crippen molar-refractivity contribution in [3.8, 4) is 0 Å². The van der Waals surface area contributed by atoms with Crippen molar-refractivity contribution < 1.29 is 18.3 Å². The van der Waals surface area contributed by atoms with Crippen LogP contribution in [0.3, 0.4) is 0 Å². The predicted octanol–water partition coefficient (Wildman–Crippen LogP) is 2.45. The van der Waals surface area contributed by atoms with Crippen molar-refractivity contribution in [1.29, 1.82) is 0 Å². The maximum atomic E-state index is 12.8. The molecule has 0 radical (unpaired) electrons. The van der Waals surface area contributed by atoms with Crippen LogP contribution in [0.1, 0.15) is 30.1 Å². The number of rotatable bonds is 4. The Morgan fingerprint density at radius 3 is 2.52 bits per heavy atom. The van der Waals surface area contributed by atoms with Crippen molar-refractivity contribution in [3.63, 3.8) is 0 Å². The number of hydrogen-bond donors (Lipinski definition) is 2. The van der Waals surface area contributed by atoms with Gasteiger partial charge >= 0.3 is 6.18 Å². The van der Waals surface area contributed by atoms with Crippen LogP contribution in [-0.4, -0.2) is 35.8 Å². The first-order chi connectivity index (χ1) is 9.90. The van der Waals surface area contributed by atoms with Gasteiger partial charge in [0.1, 0.15) is 0 Å². The summed E-state index contributed by atoms with van der Waals surface area (Å²) in [6, 6.07) is 7.21. The summed E-state index contributed by atoms with van der Waals surface area (Å²) in [4.78, 5) is 1.70. The lowest BCUT2D eigenvalue weighted by atomic mass is 9.96. The summed E-state index contributed by atoms with van der Waals surface area (Å²) in [5.41, 5.74) is 7.17. The van der Waals surface area contributed by atoms with Gasteiger partial charge in [-0.15, -0.1) is 0 Å². The van der Waals surface area contributed by atoms with Crippen LogP contribution in [-0.2, 0) is 6.54 Å². The van der Waals surface area contributed by atoms with Crippen LogP contribution in [0, 0.1) is 5.92 Å². The highest BCUT2D eigenvalue weighted by Crippen LogP contribution is 2.33. The summed E-state index contributed by atoms with van der Waals surface area (Å²) >= 11 is 0. The Morgan fingerprint density at radius 2 is 1.95 bits per heavy atom. The molecule has 1 heterocycles. The van der Waals surface area contributed by atoms with E-state index in [1.165, 1.54) is 0 Å². The molecule has 2 atom stereocenters. The third-order valence-electron chi connectivity index (χ3n) is 4.00. The minimum absolute atomic E-state index is 0.0263. The van der Waals surface area contributed by atoms with E-state index in [9.17, 15) is 18.3 Å². The summed E-state index contributed by atoms with van der Waals surface area (Å²) < 4.78 is 38.3. The summed E-state index contributed by atoms with van der Waals surface area (Å²) in [5.74, 6) is -1.28. The number of alkyl halides is 3. The first-order valence-corrected chi connectivity index (χ1v) is 7.16. The molecule has 0 aromatic heterocycles. The second-order valence-electron chi connectivity index (χ2n) is 5.60. The zero-order valence-electron chi connectivity index (χ0n) is 11.8. The van der Waals surface area contributed by atoms with Crippen molar-refractivity contribution >= 4 is 0 Å². The molecule has 0 aliphatic carbocycles. The largest absolute Gasteiger partial charge is 0.393 e. The van der Waals surface area contributed by atoms with Gasteiger partial charge in [-0.1, -0.05) is 24.3 Å². The Kier molecular flexibility index (Phi) is 5.24. The van der Waals surface area contributed by atoms with E-state index in [1.807, 2.05) is 12.1 Å². The van der Waals surface area contributed by atoms with Gasteiger partial charge in [0, 0.05) is 19.6 Å². The molecule has 0 saturated carbocycles. The molecule has 1 fully saturated rings. The first-order valence-electron chi connectivity index (χ1n) is 7.16. The van der Waals surface area contributed by atoms with E-state index in [1.54, 1.807) is 17.0 Å². The van der Waals surface area contributed by atoms with Crippen LogP contribution in [0.15, 0.2) is 24.3 Å². The average molecular weight is 302 g/mol. The van der Waals surface area contributed by atoms with E-state index in [-0.39, 0.29) is 19.5 Å². The average Bonchev–Trinajstić information content (AvgIpc) is 2.47. The van der Waals surface area contributed by atoms with Gasteiger partial charge in [0.25, 0.3) is 0 Å². The number of hydrogen-bond acceptors (Lipinski definition) is 3. The minimum atomic E-state index is -4.15. The van der Waals surface area contributed by atoms with E-state index in [2.05, 4.69) is 0 Å². The fraction of sp³-hybridized carbons (Fsp3) is 0.600. The van der Waals surface area contributed by atoms with Crippen molar-refractivity contribution in [2.24, 2.45) is 11.7 Å². The maximum absolute atomic E-state index is 12.8. The normalized spacial score (nSPS) is 22.2. The van der Waals surface area contributed by atoms with Crippen molar-refractivity contribution in [2.45, 2.75) is 31.7 Å². The lowest BCUT2D eigenvalue weighted by Crippen LogP contribution is -2.43. The number of halogens is 3. The Hall–Kier alpha value is -1.11. The zero-order chi connectivity index (χ0) is 15.5. The molecule has 21 heavy (non-hydrogen) atoms. The molecule has 1 aliphatic heterocycles. The molecule has 1 aliphatic rings. The van der Waals surface area contributed by atoms with Gasteiger partial charge in [-0.05, 0) is 30.5 Å². The molecule has 2 rings (SSSR count). The topological polar surface area (TPSA) is 49.5 Å². The molecule has 1 aromatic rings. The molecule has 3 N–H and O–H groups in total. The number of aliphatic hydroxyl groups is 1. The molecule has 1 saturated heterocycles.